The molecular weight excluding hydrogens is 246 g/mol. The van der Waals surface area contributed by atoms with Crippen molar-refractivity contribution >= 4 is 17.2 Å². The van der Waals surface area contributed by atoms with Crippen molar-refractivity contribution in [3.63, 3.8) is 0 Å². The Hall–Kier alpha value is -0.870. The Morgan fingerprint density at radius 2 is 2.44 bits per heavy atom. The third-order valence-electron chi connectivity index (χ3n) is 3.24. The molecule has 18 heavy (non-hydrogen) atoms. The number of amides is 1. The lowest BCUT2D eigenvalue weighted by Crippen LogP contribution is -2.26. The molecular formula is C14H21NO2S. The number of ether oxygens (including phenoxy) is 1. The van der Waals surface area contributed by atoms with Crippen LogP contribution in [0.2, 0.25) is 0 Å². The van der Waals surface area contributed by atoms with Crippen LogP contribution < -0.4 is 5.32 Å². The number of carbonyl (C=O) groups excluding carboxylic acids is 1. The zero-order valence-corrected chi connectivity index (χ0v) is 11.5. The maximum atomic E-state index is 11.6. The van der Waals surface area contributed by atoms with Gasteiger partial charge in [0, 0.05) is 13.2 Å². The highest BCUT2D eigenvalue weighted by molar-refractivity contribution is 7.07. The minimum atomic E-state index is 0.130. The van der Waals surface area contributed by atoms with Gasteiger partial charge in [-0.3, -0.25) is 4.79 Å². The van der Waals surface area contributed by atoms with Gasteiger partial charge in [0.1, 0.15) is 0 Å². The normalized spacial score (nSPS) is 19.0. The predicted octanol–water partition coefficient (Wildman–Crippen LogP) is 2.76. The first-order chi connectivity index (χ1) is 8.84. The zero-order valence-electron chi connectivity index (χ0n) is 10.7. The molecule has 0 radical (unpaired) electrons. The van der Waals surface area contributed by atoms with E-state index < -0.39 is 0 Å². The van der Waals surface area contributed by atoms with Gasteiger partial charge in [0.2, 0.25) is 5.91 Å². The Bertz CT molecular complexity index is 345. The average Bonchev–Trinajstić information content (AvgIpc) is 3.01. The van der Waals surface area contributed by atoms with Crippen molar-refractivity contribution < 1.29 is 9.53 Å². The molecule has 1 aromatic heterocycles. The molecule has 0 unspecified atom stereocenters. The molecule has 2 rings (SSSR count). The van der Waals surface area contributed by atoms with Crippen LogP contribution in [-0.2, 0) is 16.0 Å². The second-order valence-electron chi connectivity index (χ2n) is 4.79. The van der Waals surface area contributed by atoms with Crippen LogP contribution in [0.3, 0.4) is 0 Å². The molecule has 0 aliphatic carbocycles. The fraction of sp³-hybridized carbons (Fsp3) is 0.643. The van der Waals surface area contributed by atoms with E-state index in [1.165, 1.54) is 12.8 Å². The highest BCUT2D eigenvalue weighted by Gasteiger charge is 2.14. The number of thiophene rings is 1. The molecule has 100 valence electrons. The van der Waals surface area contributed by atoms with E-state index in [-0.39, 0.29) is 5.91 Å². The largest absolute Gasteiger partial charge is 0.378 e. The number of unbranched alkanes of at least 4 members (excludes halogenated alkanes) is 1. The number of hydrogen-bond donors (Lipinski definition) is 1. The van der Waals surface area contributed by atoms with Gasteiger partial charge in [-0.1, -0.05) is 0 Å². The van der Waals surface area contributed by atoms with Crippen LogP contribution in [0.5, 0.6) is 0 Å². The molecule has 0 saturated carbocycles. The van der Waals surface area contributed by atoms with Crippen LogP contribution in [0.1, 0.15) is 37.7 Å². The molecule has 0 aromatic carbocycles. The molecule has 1 saturated heterocycles. The summed E-state index contributed by atoms with van der Waals surface area (Å²) < 4.78 is 5.56. The van der Waals surface area contributed by atoms with E-state index in [1.807, 2.05) is 16.8 Å². The Labute approximate surface area is 113 Å². The van der Waals surface area contributed by atoms with Crippen molar-refractivity contribution in [2.24, 2.45) is 0 Å². The molecule has 1 amide bonds. The number of hydrogen-bond acceptors (Lipinski definition) is 3. The summed E-state index contributed by atoms with van der Waals surface area (Å²) in [5.74, 6) is 0.130. The van der Waals surface area contributed by atoms with Gasteiger partial charge in [-0.2, -0.15) is 11.3 Å². The molecule has 1 aromatic rings. The van der Waals surface area contributed by atoms with E-state index in [2.05, 4.69) is 5.32 Å². The van der Waals surface area contributed by atoms with Gasteiger partial charge in [-0.05, 0) is 54.5 Å². The van der Waals surface area contributed by atoms with Gasteiger partial charge >= 0.3 is 0 Å². The molecule has 1 aliphatic rings. The topological polar surface area (TPSA) is 38.3 Å². The van der Waals surface area contributed by atoms with Crippen molar-refractivity contribution in [3.8, 4) is 0 Å². The molecule has 2 heterocycles. The number of carbonyl (C=O) groups is 1. The van der Waals surface area contributed by atoms with E-state index in [0.717, 1.165) is 38.0 Å². The number of nitrogens with one attached hydrogen (secondary N) is 1. The molecule has 4 heteroatoms. The first-order valence-electron chi connectivity index (χ1n) is 6.74. The zero-order chi connectivity index (χ0) is 12.6. The lowest BCUT2D eigenvalue weighted by molar-refractivity contribution is -0.120. The van der Waals surface area contributed by atoms with Crippen LogP contribution in [0.25, 0.3) is 0 Å². The first-order valence-corrected chi connectivity index (χ1v) is 7.68. The average molecular weight is 267 g/mol. The van der Waals surface area contributed by atoms with Gasteiger partial charge in [0.25, 0.3) is 0 Å². The van der Waals surface area contributed by atoms with Crippen molar-refractivity contribution in [2.45, 2.75) is 44.6 Å². The van der Waals surface area contributed by atoms with E-state index >= 15 is 0 Å². The van der Waals surface area contributed by atoms with Gasteiger partial charge < -0.3 is 10.1 Å². The van der Waals surface area contributed by atoms with Gasteiger partial charge in [0.05, 0.1) is 12.5 Å². The third kappa shape index (κ3) is 4.78. The molecule has 1 atom stereocenters. The molecule has 1 fully saturated rings. The van der Waals surface area contributed by atoms with Crippen molar-refractivity contribution in [2.75, 3.05) is 13.2 Å². The highest BCUT2D eigenvalue weighted by Crippen LogP contribution is 2.17. The maximum absolute atomic E-state index is 11.6. The summed E-state index contributed by atoms with van der Waals surface area (Å²) in [6, 6.07) is 2.00. The predicted molar refractivity (Wildman–Crippen MR) is 73.9 cm³/mol. The smallest absolute Gasteiger partial charge is 0.224 e. The highest BCUT2D eigenvalue weighted by atomic mass is 32.1. The summed E-state index contributed by atoms with van der Waals surface area (Å²) in [5.41, 5.74) is 1.11. The van der Waals surface area contributed by atoms with E-state index in [0.29, 0.717) is 12.5 Å². The van der Waals surface area contributed by atoms with Gasteiger partial charge in [0.15, 0.2) is 0 Å². The lowest BCUT2D eigenvalue weighted by atomic mass is 10.1. The molecule has 3 nitrogen and oxygen atoms in total. The summed E-state index contributed by atoms with van der Waals surface area (Å²) in [5, 5.41) is 7.00. The quantitative estimate of drug-likeness (QED) is 0.771. The molecule has 0 bridgehead atoms. The third-order valence-corrected chi connectivity index (χ3v) is 3.98. The van der Waals surface area contributed by atoms with Gasteiger partial charge in [-0.15, -0.1) is 0 Å². The molecule has 0 spiro atoms. The fourth-order valence-corrected chi connectivity index (χ4v) is 2.91. The Morgan fingerprint density at radius 3 is 3.17 bits per heavy atom. The minimum absolute atomic E-state index is 0.130. The van der Waals surface area contributed by atoms with Crippen LogP contribution in [0.4, 0.5) is 0 Å². The summed E-state index contributed by atoms with van der Waals surface area (Å²) >= 11 is 1.63. The molecule has 1 N–H and O–H groups in total. The summed E-state index contributed by atoms with van der Waals surface area (Å²) in [7, 11) is 0. The SMILES string of the molecule is O=C(Cc1ccsc1)NCCCC[C@H]1CCCO1. The minimum Gasteiger partial charge on any atom is -0.378 e. The Morgan fingerprint density at radius 1 is 1.50 bits per heavy atom. The van der Waals surface area contributed by atoms with Crippen LogP contribution >= 0.6 is 11.3 Å². The number of rotatable bonds is 7. The van der Waals surface area contributed by atoms with Crippen molar-refractivity contribution in [3.05, 3.63) is 22.4 Å². The second-order valence-corrected chi connectivity index (χ2v) is 5.57. The van der Waals surface area contributed by atoms with E-state index in [4.69, 9.17) is 4.74 Å². The maximum Gasteiger partial charge on any atom is 0.224 e. The van der Waals surface area contributed by atoms with E-state index in [1.54, 1.807) is 11.3 Å². The standard InChI is InChI=1S/C14H21NO2S/c16-14(10-12-6-9-18-11-12)15-7-2-1-4-13-5-3-8-17-13/h6,9,11,13H,1-5,7-8,10H2,(H,15,16)/t13-/m0/s1. The Kier molecular flexibility index (Phi) is 5.68. The van der Waals surface area contributed by atoms with Crippen LogP contribution in [-0.4, -0.2) is 25.2 Å². The summed E-state index contributed by atoms with van der Waals surface area (Å²) in [6.07, 6.45) is 6.74. The van der Waals surface area contributed by atoms with Crippen molar-refractivity contribution in [1.82, 2.24) is 5.32 Å². The van der Waals surface area contributed by atoms with E-state index in [9.17, 15) is 4.79 Å². The monoisotopic (exact) mass is 267 g/mol. The lowest BCUT2D eigenvalue weighted by Gasteiger charge is -2.09. The summed E-state index contributed by atoms with van der Waals surface area (Å²) in [6.45, 7) is 1.72. The van der Waals surface area contributed by atoms with Crippen molar-refractivity contribution in [1.29, 1.82) is 0 Å². The van der Waals surface area contributed by atoms with Crippen LogP contribution in [0.15, 0.2) is 16.8 Å². The molecule has 1 aliphatic heterocycles. The fourth-order valence-electron chi connectivity index (χ4n) is 2.24. The first kappa shape index (κ1) is 13.6. The second kappa shape index (κ2) is 7.54. The van der Waals surface area contributed by atoms with Crippen LogP contribution in [0, 0.1) is 0 Å². The Balaban J connectivity index is 1.48. The summed E-state index contributed by atoms with van der Waals surface area (Å²) in [4.78, 5) is 11.6. The van der Waals surface area contributed by atoms with Gasteiger partial charge in [-0.25, -0.2) is 0 Å².